The fraction of sp³-hybridized carbons (Fsp3) is 1.00. The second-order valence-corrected chi connectivity index (χ2v) is 4.82. The Labute approximate surface area is 93.2 Å². The van der Waals surface area contributed by atoms with E-state index in [1.54, 1.807) is 0 Å². The van der Waals surface area contributed by atoms with Crippen molar-refractivity contribution in [2.75, 3.05) is 32.7 Å². The molecule has 88 valence electrons. The van der Waals surface area contributed by atoms with E-state index in [0.717, 1.165) is 19.6 Å². The van der Waals surface area contributed by atoms with Crippen molar-refractivity contribution < 1.29 is 4.74 Å². The minimum absolute atomic E-state index is 0.541. The van der Waals surface area contributed by atoms with Crippen molar-refractivity contribution >= 4 is 0 Å². The molecule has 2 bridgehead atoms. The lowest BCUT2D eigenvalue weighted by Gasteiger charge is -2.32. The molecule has 2 rings (SSSR count). The molecule has 2 heterocycles. The molecule has 0 radical (unpaired) electrons. The average Bonchev–Trinajstić information content (AvgIpc) is 2.58. The fourth-order valence-corrected chi connectivity index (χ4v) is 2.55. The molecule has 2 unspecified atom stereocenters. The Bertz CT molecular complexity index is 174. The Morgan fingerprint density at radius 3 is 2.60 bits per heavy atom. The summed E-state index contributed by atoms with van der Waals surface area (Å²) in [6, 6.07) is 0. The highest BCUT2D eigenvalue weighted by Crippen LogP contribution is 2.25. The Morgan fingerprint density at radius 1 is 1.20 bits per heavy atom. The summed E-state index contributed by atoms with van der Waals surface area (Å²) >= 11 is 0. The Hall–Kier alpha value is -0.120. The third-order valence-corrected chi connectivity index (χ3v) is 3.43. The predicted octanol–water partition coefficient (Wildman–Crippen LogP) is 1.24. The van der Waals surface area contributed by atoms with E-state index in [4.69, 9.17) is 4.74 Å². The average molecular weight is 212 g/mol. The summed E-state index contributed by atoms with van der Waals surface area (Å²) in [5.74, 6) is 0. The van der Waals surface area contributed by atoms with Crippen molar-refractivity contribution in [1.29, 1.82) is 0 Å². The molecule has 2 aliphatic rings. The first-order chi connectivity index (χ1) is 7.38. The number of morpholine rings is 1. The molecular formula is C12H24N2O. The summed E-state index contributed by atoms with van der Waals surface area (Å²) in [5, 5.41) is 3.50. The molecule has 3 nitrogen and oxygen atoms in total. The van der Waals surface area contributed by atoms with Crippen molar-refractivity contribution in [3.63, 3.8) is 0 Å². The smallest absolute Gasteiger partial charge is 0.0707 e. The zero-order valence-corrected chi connectivity index (χ0v) is 9.87. The van der Waals surface area contributed by atoms with Gasteiger partial charge in [0.15, 0.2) is 0 Å². The largest absolute Gasteiger partial charge is 0.372 e. The molecule has 2 fully saturated rings. The summed E-state index contributed by atoms with van der Waals surface area (Å²) in [4.78, 5) is 2.56. The van der Waals surface area contributed by atoms with Crippen LogP contribution in [0.1, 0.15) is 32.6 Å². The lowest BCUT2D eigenvalue weighted by Crippen LogP contribution is -2.45. The molecule has 0 aromatic rings. The van der Waals surface area contributed by atoms with E-state index in [1.165, 1.54) is 38.8 Å². The standard InChI is InChI=1S/C12H24N2O/c1-2-3-6-13-7-8-14-9-11-4-5-12(10-14)15-11/h11-13H,2-10H2,1H3. The van der Waals surface area contributed by atoms with Crippen molar-refractivity contribution in [2.45, 2.75) is 44.8 Å². The van der Waals surface area contributed by atoms with Gasteiger partial charge in [0.1, 0.15) is 0 Å². The number of nitrogens with one attached hydrogen (secondary N) is 1. The summed E-state index contributed by atoms with van der Waals surface area (Å²) in [7, 11) is 0. The molecule has 0 saturated carbocycles. The molecule has 2 atom stereocenters. The molecule has 2 saturated heterocycles. The second kappa shape index (κ2) is 5.83. The zero-order valence-electron chi connectivity index (χ0n) is 9.87. The molecule has 2 aliphatic heterocycles. The lowest BCUT2D eigenvalue weighted by molar-refractivity contribution is -0.0376. The summed E-state index contributed by atoms with van der Waals surface area (Å²) in [6.45, 7) is 8.06. The number of likely N-dealkylation sites (tertiary alicyclic amines) is 1. The normalized spacial score (nSPS) is 31.0. The number of hydrogen-bond donors (Lipinski definition) is 1. The zero-order chi connectivity index (χ0) is 10.5. The van der Waals surface area contributed by atoms with Gasteiger partial charge in [0.2, 0.25) is 0 Å². The summed E-state index contributed by atoms with van der Waals surface area (Å²) in [5.41, 5.74) is 0. The number of hydrogen-bond acceptors (Lipinski definition) is 3. The lowest BCUT2D eigenvalue weighted by atomic mass is 10.2. The number of nitrogens with zero attached hydrogens (tertiary/aromatic N) is 1. The second-order valence-electron chi connectivity index (χ2n) is 4.82. The van der Waals surface area contributed by atoms with Gasteiger partial charge in [-0.2, -0.15) is 0 Å². The molecular weight excluding hydrogens is 188 g/mol. The van der Waals surface area contributed by atoms with Gasteiger partial charge in [-0.1, -0.05) is 13.3 Å². The van der Waals surface area contributed by atoms with Crippen LogP contribution in [-0.4, -0.2) is 49.8 Å². The topological polar surface area (TPSA) is 24.5 Å². The minimum Gasteiger partial charge on any atom is -0.372 e. The van der Waals surface area contributed by atoms with Gasteiger partial charge < -0.3 is 10.1 Å². The molecule has 0 aliphatic carbocycles. The minimum atomic E-state index is 0.541. The van der Waals surface area contributed by atoms with Crippen LogP contribution in [0, 0.1) is 0 Å². The van der Waals surface area contributed by atoms with E-state index in [0.29, 0.717) is 12.2 Å². The van der Waals surface area contributed by atoms with Crippen molar-refractivity contribution in [2.24, 2.45) is 0 Å². The van der Waals surface area contributed by atoms with Crippen LogP contribution in [0.5, 0.6) is 0 Å². The first-order valence-corrected chi connectivity index (χ1v) is 6.47. The van der Waals surface area contributed by atoms with E-state index in [-0.39, 0.29) is 0 Å². The quantitative estimate of drug-likeness (QED) is 0.670. The molecule has 0 aromatic heterocycles. The van der Waals surface area contributed by atoms with Crippen molar-refractivity contribution in [3.8, 4) is 0 Å². The number of rotatable bonds is 6. The van der Waals surface area contributed by atoms with E-state index < -0.39 is 0 Å². The maximum absolute atomic E-state index is 5.81. The van der Waals surface area contributed by atoms with Gasteiger partial charge >= 0.3 is 0 Å². The van der Waals surface area contributed by atoms with Crippen LogP contribution >= 0.6 is 0 Å². The van der Waals surface area contributed by atoms with Crippen LogP contribution in [0.15, 0.2) is 0 Å². The van der Waals surface area contributed by atoms with E-state index in [9.17, 15) is 0 Å². The van der Waals surface area contributed by atoms with E-state index in [2.05, 4.69) is 17.1 Å². The highest BCUT2D eigenvalue weighted by Gasteiger charge is 2.33. The molecule has 0 aromatic carbocycles. The monoisotopic (exact) mass is 212 g/mol. The molecule has 1 N–H and O–H groups in total. The summed E-state index contributed by atoms with van der Waals surface area (Å²) < 4.78 is 5.81. The first-order valence-electron chi connectivity index (χ1n) is 6.47. The van der Waals surface area contributed by atoms with Crippen LogP contribution in [0.4, 0.5) is 0 Å². The highest BCUT2D eigenvalue weighted by molar-refractivity contribution is 4.84. The Morgan fingerprint density at radius 2 is 1.93 bits per heavy atom. The van der Waals surface area contributed by atoms with Gasteiger partial charge in [-0.25, -0.2) is 0 Å². The Kier molecular flexibility index (Phi) is 4.42. The van der Waals surface area contributed by atoms with Gasteiger partial charge in [0, 0.05) is 26.2 Å². The van der Waals surface area contributed by atoms with Crippen molar-refractivity contribution in [3.05, 3.63) is 0 Å². The molecule has 3 heteroatoms. The van der Waals surface area contributed by atoms with E-state index in [1.807, 2.05) is 0 Å². The molecule has 0 spiro atoms. The first kappa shape index (κ1) is 11.4. The fourth-order valence-electron chi connectivity index (χ4n) is 2.55. The van der Waals surface area contributed by atoms with Gasteiger partial charge in [0.25, 0.3) is 0 Å². The maximum Gasteiger partial charge on any atom is 0.0707 e. The van der Waals surface area contributed by atoms with Crippen molar-refractivity contribution in [1.82, 2.24) is 10.2 Å². The third kappa shape index (κ3) is 3.44. The summed E-state index contributed by atoms with van der Waals surface area (Å²) in [6.07, 6.45) is 6.23. The van der Waals surface area contributed by atoms with Crippen LogP contribution < -0.4 is 5.32 Å². The highest BCUT2D eigenvalue weighted by atomic mass is 16.5. The molecule has 0 amide bonds. The van der Waals surface area contributed by atoms with Gasteiger partial charge in [-0.3, -0.25) is 4.90 Å². The van der Waals surface area contributed by atoms with Crippen LogP contribution in [0.25, 0.3) is 0 Å². The maximum atomic E-state index is 5.81. The van der Waals surface area contributed by atoms with Gasteiger partial charge in [-0.05, 0) is 25.8 Å². The van der Waals surface area contributed by atoms with E-state index >= 15 is 0 Å². The SMILES string of the molecule is CCCCNCCN1CC2CCC(C1)O2. The van der Waals surface area contributed by atoms with Gasteiger partial charge in [0.05, 0.1) is 12.2 Å². The van der Waals surface area contributed by atoms with Crippen LogP contribution in [-0.2, 0) is 4.74 Å². The predicted molar refractivity (Wildman–Crippen MR) is 62.1 cm³/mol. The van der Waals surface area contributed by atoms with Gasteiger partial charge in [-0.15, -0.1) is 0 Å². The Balaban J connectivity index is 1.56. The number of unbranched alkanes of at least 4 members (excludes halogenated alkanes) is 1. The van der Waals surface area contributed by atoms with Crippen LogP contribution in [0.2, 0.25) is 0 Å². The third-order valence-electron chi connectivity index (χ3n) is 3.43. The van der Waals surface area contributed by atoms with Crippen LogP contribution in [0.3, 0.4) is 0 Å². The number of fused-ring (bicyclic) bond motifs is 2. The number of ether oxygens (including phenoxy) is 1. The molecule has 15 heavy (non-hydrogen) atoms.